The normalized spacial score (nSPS) is 13.7. The average Bonchev–Trinajstić information content (AvgIpc) is 1.28. The number of amides is 1. The standard InChI is InChI=1S/C43H41Cl2N17O18S5/c1-3-62-36(65)30(35(46)64)19(2)32(37(62)66)58-57-24-17-26(81-79-77-67)23(18-29(24)85(74,75)76)48-42-52-39(45)53-43(55-42)61-12-10-60(11-13-61)9-8-47-40-50-38(44)51-41(54-40)49-25-16-21(83(69)70)14-20-15-27(82-80-78-68)33(34(63)31(20)25)59-56-22-6-4-5-7-28(22)84(71,72)73/h4-7,14-18,63,65,67-68H,3,8-13H2,1-2H3,(H2,46,64)(H,69,70)(H,71,72,73)(H,74,75,76)(H,48,52,53,55)(H2,47,49,50,51,54). The number of hydrogen-bond donors (Lipinski definition) is 11. The molecule has 42 heteroatoms. The van der Waals surface area contributed by atoms with E-state index in [2.05, 4.69) is 90.0 Å². The number of nitrogens with two attached hydrogens (primary N) is 1. The highest BCUT2D eigenvalue weighted by Crippen LogP contribution is 2.48. The number of halogens is 2. The van der Waals surface area contributed by atoms with E-state index in [4.69, 9.17) is 39.5 Å². The van der Waals surface area contributed by atoms with Crippen LogP contribution in [-0.2, 0) is 56.6 Å². The van der Waals surface area contributed by atoms with E-state index in [0.717, 1.165) is 22.8 Å². The van der Waals surface area contributed by atoms with Crippen molar-refractivity contribution in [1.29, 1.82) is 0 Å². The number of carbonyl (C=O) groups is 1. The first-order valence-electron chi connectivity index (χ1n) is 23.5. The Kier molecular flexibility index (Phi) is 20.4. The second-order valence-electron chi connectivity index (χ2n) is 17.0. The number of phenolic OH excluding ortho intramolecular Hbond substituents is 1. The van der Waals surface area contributed by atoms with Crippen LogP contribution < -0.4 is 32.1 Å². The highest BCUT2D eigenvalue weighted by molar-refractivity contribution is 7.95. The Balaban J connectivity index is 0.969. The van der Waals surface area contributed by atoms with Crippen LogP contribution in [0.1, 0.15) is 22.8 Å². The summed E-state index contributed by atoms with van der Waals surface area (Å²) < 4.78 is 102. The van der Waals surface area contributed by atoms with Crippen LogP contribution in [0.2, 0.25) is 10.6 Å². The molecule has 0 aliphatic carbocycles. The van der Waals surface area contributed by atoms with Crippen LogP contribution in [0.5, 0.6) is 11.6 Å². The average molecular weight is 1320 g/mol. The molecule has 35 nitrogen and oxygen atoms in total. The summed E-state index contributed by atoms with van der Waals surface area (Å²) in [7, 11) is -9.93. The van der Waals surface area contributed by atoms with Crippen LogP contribution >= 0.6 is 47.3 Å². The molecule has 4 aromatic carbocycles. The Morgan fingerprint density at radius 1 is 0.776 bits per heavy atom. The zero-order chi connectivity index (χ0) is 61.5. The molecule has 1 amide bonds. The van der Waals surface area contributed by atoms with E-state index in [1.807, 2.05) is 0 Å². The number of hydrogen-bond acceptors (Lipinski definition) is 32. The lowest BCUT2D eigenvalue weighted by molar-refractivity contribution is -0.432. The van der Waals surface area contributed by atoms with Gasteiger partial charge in [-0.2, -0.15) is 46.7 Å². The highest BCUT2D eigenvalue weighted by Gasteiger charge is 2.27. The number of aromatic nitrogens is 7. The third-order valence-corrected chi connectivity index (χ3v) is 15.9. The molecule has 1 aliphatic rings. The first-order valence-corrected chi connectivity index (χ1v) is 29.8. The highest BCUT2D eigenvalue weighted by atomic mass is 35.5. The van der Waals surface area contributed by atoms with Crippen molar-refractivity contribution >= 4 is 153 Å². The lowest BCUT2D eigenvalue weighted by atomic mass is 10.1. The number of primary amides is 1. The minimum Gasteiger partial charge on any atom is -0.505 e. The van der Waals surface area contributed by atoms with Gasteiger partial charge in [0, 0.05) is 56.8 Å². The number of rotatable bonds is 24. The summed E-state index contributed by atoms with van der Waals surface area (Å²) in [6, 6.07) is 10.6. The SMILES string of the molecule is CCn1c(O)c(C(N)=O)c(C)c(N=Nc2cc(SOOO)c(Nc3nc(Cl)nc(N4CCN(CCNc5nc(Cl)nc(Nc6cc(S(=O)O)cc7cc(SOOO)c(N=Nc8ccccc8S(=O)(=O)O)c(O)c67)n5)CC4)n3)cc2S(=O)(=O)O)c1=O. The van der Waals surface area contributed by atoms with E-state index in [-0.39, 0.29) is 101 Å². The Bertz CT molecular complexity index is 4130. The summed E-state index contributed by atoms with van der Waals surface area (Å²) >= 11 is 10.7. The number of azo groups is 2. The Morgan fingerprint density at radius 3 is 2.04 bits per heavy atom. The molecule has 1 aliphatic heterocycles. The van der Waals surface area contributed by atoms with Crippen LogP contribution in [-0.4, -0.2) is 140 Å². The molecule has 0 saturated carbocycles. The van der Waals surface area contributed by atoms with Gasteiger partial charge in [-0.1, -0.05) is 22.2 Å². The molecule has 4 heterocycles. The second-order valence-corrected chi connectivity index (χ2v) is 23.0. The maximum Gasteiger partial charge on any atom is 0.296 e. The molecular weight excluding hydrogens is 1270 g/mol. The summed E-state index contributed by atoms with van der Waals surface area (Å²) in [5.74, 6) is -2.86. The van der Waals surface area contributed by atoms with Crippen LogP contribution in [0.4, 0.5) is 57.9 Å². The van der Waals surface area contributed by atoms with Crippen molar-refractivity contribution in [3.63, 3.8) is 0 Å². The summed E-state index contributed by atoms with van der Waals surface area (Å²) in [6.07, 6.45) is 0. The molecule has 7 aromatic rings. The van der Waals surface area contributed by atoms with Crippen molar-refractivity contribution < 1.29 is 79.0 Å². The summed E-state index contributed by atoms with van der Waals surface area (Å²) in [5.41, 5.74) is 1.83. The Hall–Kier alpha value is -7.49. The minimum atomic E-state index is -5.15. The number of fused-ring (bicyclic) bond motifs is 1. The summed E-state index contributed by atoms with van der Waals surface area (Å²) in [6.45, 7) is 4.83. The van der Waals surface area contributed by atoms with Crippen molar-refractivity contribution in [2.24, 2.45) is 26.2 Å². The molecule has 1 unspecified atom stereocenters. The van der Waals surface area contributed by atoms with Gasteiger partial charge in [0.2, 0.25) is 40.2 Å². The molecule has 450 valence electrons. The summed E-state index contributed by atoms with van der Waals surface area (Å²) in [4.78, 5) is 52.8. The van der Waals surface area contributed by atoms with E-state index < -0.39 is 81.1 Å². The molecule has 12 N–H and O–H groups in total. The monoisotopic (exact) mass is 1310 g/mol. The van der Waals surface area contributed by atoms with Gasteiger partial charge in [-0.15, -0.1) is 29.1 Å². The third-order valence-electron chi connectivity index (χ3n) is 11.9. The van der Waals surface area contributed by atoms with Crippen molar-refractivity contribution in [3.05, 3.63) is 86.6 Å². The fourth-order valence-corrected chi connectivity index (χ4v) is 11.1. The fourth-order valence-electron chi connectivity index (χ4n) is 8.16. The summed E-state index contributed by atoms with van der Waals surface area (Å²) in [5, 5.41) is 71.4. The maximum absolute atomic E-state index is 13.2. The van der Waals surface area contributed by atoms with E-state index in [1.165, 1.54) is 50.2 Å². The molecule has 85 heavy (non-hydrogen) atoms. The largest absolute Gasteiger partial charge is 0.505 e. The minimum absolute atomic E-state index is 0.0187. The lowest BCUT2D eigenvalue weighted by Gasteiger charge is -2.34. The number of nitrogens with zero attached hydrogens (tertiary/aromatic N) is 13. The first-order chi connectivity index (χ1) is 40.4. The number of nitrogens with one attached hydrogen (secondary N) is 3. The molecule has 0 spiro atoms. The predicted octanol–water partition coefficient (Wildman–Crippen LogP) is 7.00. The molecule has 1 fully saturated rings. The van der Waals surface area contributed by atoms with Crippen molar-refractivity contribution in [2.75, 3.05) is 60.1 Å². The van der Waals surface area contributed by atoms with E-state index in [1.54, 1.807) is 4.90 Å². The number of aromatic hydroxyl groups is 2. The van der Waals surface area contributed by atoms with Gasteiger partial charge >= 0.3 is 0 Å². The third kappa shape index (κ3) is 15.1. The number of benzene rings is 4. The smallest absolute Gasteiger partial charge is 0.296 e. The zero-order valence-corrected chi connectivity index (χ0v) is 48.5. The van der Waals surface area contributed by atoms with Crippen LogP contribution in [0.3, 0.4) is 0 Å². The van der Waals surface area contributed by atoms with E-state index in [0.29, 0.717) is 56.8 Å². The fraction of sp³-hybridized carbons (Fsp3) is 0.209. The van der Waals surface area contributed by atoms with Gasteiger partial charge in [0.15, 0.2) is 22.5 Å². The van der Waals surface area contributed by atoms with E-state index >= 15 is 0 Å². The van der Waals surface area contributed by atoms with Crippen molar-refractivity contribution in [1.82, 2.24) is 39.4 Å². The van der Waals surface area contributed by atoms with Crippen LogP contribution in [0, 0.1) is 6.92 Å². The van der Waals surface area contributed by atoms with Gasteiger partial charge < -0.3 is 41.3 Å². The number of piperazine rings is 1. The molecule has 1 saturated heterocycles. The number of carbonyl (C=O) groups excluding carboxylic acids is 1. The van der Waals surface area contributed by atoms with Crippen LogP contribution in [0.25, 0.3) is 10.8 Å². The van der Waals surface area contributed by atoms with Gasteiger partial charge in [-0.25, -0.2) is 14.7 Å². The molecule has 3 aromatic heterocycles. The molecule has 0 bridgehead atoms. The molecule has 8 rings (SSSR count). The van der Waals surface area contributed by atoms with Gasteiger partial charge in [0.05, 0.1) is 50.1 Å². The molecule has 1 atom stereocenters. The van der Waals surface area contributed by atoms with Crippen molar-refractivity contribution in [2.45, 2.75) is 44.9 Å². The van der Waals surface area contributed by atoms with Gasteiger partial charge in [-0.3, -0.25) is 28.2 Å². The Morgan fingerprint density at radius 2 is 1.39 bits per heavy atom. The van der Waals surface area contributed by atoms with E-state index in [9.17, 15) is 54.5 Å². The predicted molar refractivity (Wildman–Crippen MR) is 302 cm³/mol. The maximum atomic E-state index is 13.2. The Labute approximate surface area is 498 Å². The van der Waals surface area contributed by atoms with Gasteiger partial charge in [0.25, 0.3) is 31.7 Å². The van der Waals surface area contributed by atoms with Gasteiger partial charge in [0.1, 0.15) is 32.4 Å². The number of pyridine rings is 1. The first kappa shape index (κ1) is 63.5. The second kappa shape index (κ2) is 27.3. The lowest BCUT2D eigenvalue weighted by Crippen LogP contribution is -2.48. The zero-order valence-electron chi connectivity index (χ0n) is 43.0. The number of phenols is 1. The quantitative estimate of drug-likeness (QED) is 0.00724. The number of anilines is 6. The molecule has 0 radical (unpaired) electrons. The topological polar surface area (TPSA) is 498 Å². The molecular formula is C43H41Cl2N17O18S5. The van der Waals surface area contributed by atoms with Crippen molar-refractivity contribution in [3.8, 4) is 11.6 Å². The van der Waals surface area contributed by atoms with Gasteiger partial charge in [-0.05, 0) is 84.9 Å². The van der Waals surface area contributed by atoms with Crippen LogP contribution in [0.15, 0.2) is 104 Å².